The van der Waals surface area contributed by atoms with Crippen molar-refractivity contribution in [3.8, 4) is 0 Å². The van der Waals surface area contributed by atoms with Crippen LogP contribution >= 0.6 is 0 Å². The van der Waals surface area contributed by atoms with Crippen molar-refractivity contribution >= 4 is 11.8 Å². The van der Waals surface area contributed by atoms with Gasteiger partial charge in [-0.1, -0.05) is 74.5 Å². The number of rotatable bonds is 10. The van der Waals surface area contributed by atoms with Crippen LogP contribution in [-0.4, -0.2) is 23.9 Å². The van der Waals surface area contributed by atoms with Crippen LogP contribution in [0.1, 0.15) is 107 Å². The maximum Gasteiger partial charge on any atom is 0.227 e. The van der Waals surface area contributed by atoms with Crippen LogP contribution in [0.3, 0.4) is 0 Å². The summed E-state index contributed by atoms with van der Waals surface area (Å²) in [6.45, 7) is 4.19. The molecule has 200 valence electrons. The molecule has 2 aliphatic rings. The van der Waals surface area contributed by atoms with Crippen molar-refractivity contribution in [2.75, 3.05) is 0 Å². The molecule has 2 atom stereocenters. The Balaban J connectivity index is 1.16. The van der Waals surface area contributed by atoms with Gasteiger partial charge < -0.3 is 10.6 Å². The maximum absolute atomic E-state index is 12.9. The van der Waals surface area contributed by atoms with Gasteiger partial charge >= 0.3 is 0 Å². The minimum absolute atomic E-state index is 0.0464. The van der Waals surface area contributed by atoms with Gasteiger partial charge in [-0.3, -0.25) is 9.59 Å². The second kappa shape index (κ2) is 13.8. The standard InChI is InChI=1S/C33H46N2O2/c1-3-30(26-11-7-5-8-12-26)32(36)34-28-19-15-24(16-20-28)23-25-17-21-29(22-18-25)35-33(37)31(4-2)27-13-9-6-10-14-27/h5-14,24-25,28-31H,3-4,15-23H2,1-2H3,(H,34,36)(H,35,37)/t24?,25?,28?,29?,30-,31+. The van der Waals surface area contributed by atoms with E-state index in [1.54, 1.807) is 0 Å². The summed E-state index contributed by atoms with van der Waals surface area (Å²) in [6, 6.07) is 21.0. The second-order valence-corrected chi connectivity index (χ2v) is 11.4. The van der Waals surface area contributed by atoms with Crippen LogP contribution in [0.2, 0.25) is 0 Å². The number of nitrogens with one attached hydrogen (secondary N) is 2. The quantitative estimate of drug-likeness (QED) is 0.364. The van der Waals surface area contributed by atoms with Crippen LogP contribution in [0.4, 0.5) is 0 Å². The topological polar surface area (TPSA) is 58.2 Å². The fourth-order valence-corrected chi connectivity index (χ4v) is 6.68. The molecule has 2 saturated carbocycles. The molecule has 0 saturated heterocycles. The van der Waals surface area contributed by atoms with Crippen LogP contribution < -0.4 is 10.6 Å². The van der Waals surface area contributed by atoms with Crippen molar-refractivity contribution in [1.82, 2.24) is 10.6 Å². The summed E-state index contributed by atoms with van der Waals surface area (Å²) in [7, 11) is 0. The molecular weight excluding hydrogens is 456 g/mol. The zero-order chi connectivity index (χ0) is 26.0. The molecule has 2 aromatic rings. The van der Waals surface area contributed by atoms with E-state index in [1.165, 1.54) is 32.1 Å². The van der Waals surface area contributed by atoms with Crippen LogP contribution in [0.25, 0.3) is 0 Å². The Labute approximate surface area is 224 Å². The van der Waals surface area contributed by atoms with Crippen molar-refractivity contribution in [2.45, 2.75) is 108 Å². The summed E-state index contributed by atoms with van der Waals surface area (Å²) in [4.78, 5) is 25.9. The third kappa shape index (κ3) is 7.69. The normalized spacial score (nSPS) is 25.6. The molecule has 0 aromatic heterocycles. The van der Waals surface area contributed by atoms with Crippen molar-refractivity contribution in [1.29, 1.82) is 0 Å². The highest BCUT2D eigenvalue weighted by molar-refractivity contribution is 5.84. The van der Waals surface area contributed by atoms with E-state index in [0.29, 0.717) is 12.1 Å². The van der Waals surface area contributed by atoms with E-state index < -0.39 is 0 Å². The molecule has 2 aromatic carbocycles. The predicted molar refractivity (Wildman–Crippen MR) is 151 cm³/mol. The van der Waals surface area contributed by atoms with Gasteiger partial charge in [0.25, 0.3) is 0 Å². The lowest BCUT2D eigenvalue weighted by molar-refractivity contribution is -0.124. The first-order valence-electron chi connectivity index (χ1n) is 14.8. The number of hydrogen-bond acceptors (Lipinski definition) is 2. The van der Waals surface area contributed by atoms with E-state index in [2.05, 4.69) is 48.7 Å². The van der Waals surface area contributed by atoms with Gasteiger partial charge in [0.15, 0.2) is 0 Å². The van der Waals surface area contributed by atoms with Gasteiger partial charge in [-0.15, -0.1) is 0 Å². The van der Waals surface area contributed by atoms with Crippen molar-refractivity contribution in [3.63, 3.8) is 0 Å². The van der Waals surface area contributed by atoms with E-state index in [-0.39, 0.29) is 23.7 Å². The Morgan fingerprint density at radius 2 is 0.973 bits per heavy atom. The average molecular weight is 503 g/mol. The van der Waals surface area contributed by atoms with Gasteiger partial charge in [-0.25, -0.2) is 0 Å². The minimum atomic E-state index is -0.0464. The van der Waals surface area contributed by atoms with E-state index in [4.69, 9.17) is 0 Å². The van der Waals surface area contributed by atoms with Gasteiger partial charge in [0, 0.05) is 12.1 Å². The van der Waals surface area contributed by atoms with E-state index in [1.807, 2.05) is 36.4 Å². The highest BCUT2D eigenvalue weighted by Gasteiger charge is 2.30. The highest BCUT2D eigenvalue weighted by atomic mass is 16.2. The maximum atomic E-state index is 12.9. The third-order valence-electron chi connectivity index (χ3n) is 8.91. The molecular formula is C33H46N2O2. The smallest absolute Gasteiger partial charge is 0.227 e. The minimum Gasteiger partial charge on any atom is -0.353 e. The molecule has 0 radical (unpaired) electrons. The summed E-state index contributed by atoms with van der Waals surface area (Å²) < 4.78 is 0. The molecule has 4 rings (SSSR count). The van der Waals surface area contributed by atoms with Gasteiger partial charge in [0.05, 0.1) is 11.8 Å². The SMILES string of the molecule is CC[C@H](C(=O)NC1CCC(CC2CCC(NC(=O)[C@H](CC)c3ccccc3)CC2)CC1)c1ccccc1. The van der Waals surface area contributed by atoms with Crippen LogP contribution in [0.15, 0.2) is 60.7 Å². The summed E-state index contributed by atoms with van der Waals surface area (Å²) in [5.41, 5.74) is 2.24. The van der Waals surface area contributed by atoms with Crippen molar-refractivity contribution in [3.05, 3.63) is 71.8 Å². The first kappa shape index (κ1) is 27.4. The number of hydrogen-bond donors (Lipinski definition) is 2. The van der Waals surface area contributed by atoms with E-state index >= 15 is 0 Å². The average Bonchev–Trinajstić information content (AvgIpc) is 2.93. The van der Waals surface area contributed by atoms with Gasteiger partial charge in [-0.05, 0) is 93.6 Å². The predicted octanol–water partition coefficient (Wildman–Crippen LogP) is 7.11. The zero-order valence-corrected chi connectivity index (χ0v) is 22.8. The Morgan fingerprint density at radius 3 is 1.30 bits per heavy atom. The number of benzene rings is 2. The molecule has 0 spiro atoms. The van der Waals surface area contributed by atoms with Gasteiger partial charge in [-0.2, -0.15) is 0 Å². The Hall–Kier alpha value is -2.62. The lowest BCUT2D eigenvalue weighted by Gasteiger charge is -2.35. The van der Waals surface area contributed by atoms with Crippen molar-refractivity contribution < 1.29 is 9.59 Å². The summed E-state index contributed by atoms with van der Waals surface area (Å²) in [5.74, 6) is 1.85. The Bertz CT molecular complexity index is 881. The molecule has 2 fully saturated rings. The van der Waals surface area contributed by atoms with Crippen LogP contribution in [0, 0.1) is 11.8 Å². The lowest BCUT2D eigenvalue weighted by atomic mass is 9.75. The number of carbonyl (C=O) groups excluding carboxylic acids is 2. The van der Waals surface area contributed by atoms with Crippen molar-refractivity contribution in [2.24, 2.45) is 11.8 Å². The van der Waals surface area contributed by atoms with E-state index in [9.17, 15) is 9.59 Å². The molecule has 0 unspecified atom stereocenters. The second-order valence-electron chi connectivity index (χ2n) is 11.4. The Morgan fingerprint density at radius 1 is 0.622 bits per heavy atom. The Kier molecular flexibility index (Phi) is 10.2. The molecule has 0 bridgehead atoms. The molecule has 0 aliphatic heterocycles. The molecule has 2 amide bonds. The van der Waals surface area contributed by atoms with Gasteiger partial charge in [0.2, 0.25) is 11.8 Å². The van der Waals surface area contributed by atoms with Crippen LogP contribution in [-0.2, 0) is 9.59 Å². The summed E-state index contributed by atoms with van der Waals surface area (Å²) in [5, 5.41) is 6.73. The highest BCUT2D eigenvalue weighted by Crippen LogP contribution is 2.36. The summed E-state index contributed by atoms with van der Waals surface area (Å²) in [6.07, 6.45) is 12.3. The molecule has 2 N–H and O–H groups in total. The molecule has 4 heteroatoms. The molecule has 4 nitrogen and oxygen atoms in total. The lowest BCUT2D eigenvalue weighted by Crippen LogP contribution is -2.41. The third-order valence-corrected chi connectivity index (χ3v) is 8.91. The zero-order valence-electron chi connectivity index (χ0n) is 22.8. The van der Waals surface area contributed by atoms with Gasteiger partial charge in [0.1, 0.15) is 0 Å². The largest absolute Gasteiger partial charge is 0.353 e. The number of amides is 2. The van der Waals surface area contributed by atoms with E-state index in [0.717, 1.165) is 61.5 Å². The molecule has 37 heavy (non-hydrogen) atoms. The molecule has 0 heterocycles. The first-order chi connectivity index (χ1) is 18.1. The first-order valence-corrected chi connectivity index (χ1v) is 14.8. The molecule has 2 aliphatic carbocycles. The fourth-order valence-electron chi connectivity index (χ4n) is 6.68. The van der Waals surface area contributed by atoms with Crippen LogP contribution in [0.5, 0.6) is 0 Å². The fraction of sp³-hybridized carbons (Fsp3) is 0.576. The summed E-state index contributed by atoms with van der Waals surface area (Å²) >= 11 is 0. The monoisotopic (exact) mass is 502 g/mol. The number of carbonyl (C=O) groups is 2.